The number of halogens is 2. The first-order chi connectivity index (χ1) is 10.2. The third-order valence-electron chi connectivity index (χ3n) is 3.35. The monoisotopic (exact) mass is 360 g/mol. The molecule has 0 bridgehead atoms. The molecule has 2 aromatic carbocycles. The van der Waals surface area contributed by atoms with Crippen molar-refractivity contribution in [3.63, 3.8) is 0 Å². The van der Waals surface area contributed by atoms with Crippen molar-refractivity contribution in [3.8, 4) is 0 Å². The fraction of sp³-hybridized carbons (Fsp3) is 0.118. The molecule has 4 heteroatoms. The van der Waals surface area contributed by atoms with E-state index in [1.807, 2.05) is 48.8 Å². The maximum Gasteiger partial charge on any atom is 0.113 e. The SMILES string of the molecule is Clc1ccccc1Cc1nccn1Cc1cccc(Br)c1. The van der Waals surface area contributed by atoms with Gasteiger partial charge in [0.05, 0.1) is 0 Å². The fourth-order valence-electron chi connectivity index (χ4n) is 2.30. The summed E-state index contributed by atoms with van der Waals surface area (Å²) in [5.41, 5.74) is 2.34. The summed E-state index contributed by atoms with van der Waals surface area (Å²) in [6, 6.07) is 16.2. The minimum absolute atomic E-state index is 0.737. The maximum absolute atomic E-state index is 6.23. The maximum atomic E-state index is 6.23. The highest BCUT2D eigenvalue weighted by Crippen LogP contribution is 2.19. The van der Waals surface area contributed by atoms with Gasteiger partial charge in [-0.05, 0) is 29.3 Å². The van der Waals surface area contributed by atoms with Gasteiger partial charge in [-0.3, -0.25) is 0 Å². The Kier molecular flexibility index (Phi) is 4.42. The van der Waals surface area contributed by atoms with Gasteiger partial charge in [-0.25, -0.2) is 4.98 Å². The zero-order valence-electron chi connectivity index (χ0n) is 11.3. The van der Waals surface area contributed by atoms with Crippen LogP contribution in [0.5, 0.6) is 0 Å². The van der Waals surface area contributed by atoms with Crippen molar-refractivity contribution in [2.45, 2.75) is 13.0 Å². The predicted molar refractivity (Wildman–Crippen MR) is 89.7 cm³/mol. The van der Waals surface area contributed by atoms with E-state index in [2.05, 4.69) is 37.6 Å². The highest BCUT2D eigenvalue weighted by Gasteiger charge is 2.07. The number of hydrogen-bond acceptors (Lipinski definition) is 1. The lowest BCUT2D eigenvalue weighted by molar-refractivity contribution is 0.740. The molecule has 0 aliphatic rings. The Morgan fingerprint density at radius 3 is 2.76 bits per heavy atom. The summed E-state index contributed by atoms with van der Waals surface area (Å²) in [5, 5.41) is 0.787. The molecule has 106 valence electrons. The number of imidazole rings is 1. The third kappa shape index (κ3) is 3.55. The molecule has 3 aromatic rings. The van der Waals surface area contributed by atoms with Gasteiger partial charge in [0.2, 0.25) is 0 Å². The molecule has 1 heterocycles. The Hall–Kier alpha value is -1.58. The summed E-state index contributed by atoms with van der Waals surface area (Å²) in [5.74, 6) is 1.02. The van der Waals surface area contributed by atoms with Gasteiger partial charge in [0.15, 0.2) is 0 Å². The van der Waals surface area contributed by atoms with Crippen molar-refractivity contribution in [1.82, 2.24) is 9.55 Å². The lowest BCUT2D eigenvalue weighted by Gasteiger charge is -2.09. The minimum atomic E-state index is 0.737. The Morgan fingerprint density at radius 2 is 1.95 bits per heavy atom. The van der Waals surface area contributed by atoms with E-state index in [1.165, 1.54) is 5.56 Å². The molecule has 1 aromatic heterocycles. The molecule has 2 nitrogen and oxygen atoms in total. The van der Waals surface area contributed by atoms with Crippen molar-refractivity contribution >= 4 is 27.5 Å². The van der Waals surface area contributed by atoms with Crippen LogP contribution >= 0.6 is 27.5 Å². The Bertz CT molecular complexity index is 752. The van der Waals surface area contributed by atoms with Crippen molar-refractivity contribution < 1.29 is 0 Å². The summed E-state index contributed by atoms with van der Waals surface area (Å²) >= 11 is 9.74. The second-order valence-corrected chi connectivity index (χ2v) is 6.19. The summed E-state index contributed by atoms with van der Waals surface area (Å²) in [4.78, 5) is 4.46. The Morgan fingerprint density at radius 1 is 1.10 bits per heavy atom. The minimum Gasteiger partial charge on any atom is -0.330 e. The molecule has 0 aliphatic heterocycles. The van der Waals surface area contributed by atoms with Gasteiger partial charge in [0.25, 0.3) is 0 Å². The van der Waals surface area contributed by atoms with Gasteiger partial charge in [0.1, 0.15) is 5.82 Å². The average Bonchev–Trinajstić information content (AvgIpc) is 2.89. The van der Waals surface area contributed by atoms with E-state index in [0.29, 0.717) is 0 Å². The standard InChI is InChI=1S/C17H14BrClN2/c18-15-6-3-4-13(10-15)12-21-9-8-20-17(21)11-14-5-1-2-7-16(14)19/h1-10H,11-12H2. The largest absolute Gasteiger partial charge is 0.330 e. The highest BCUT2D eigenvalue weighted by atomic mass is 79.9. The molecule has 0 amide bonds. The van der Waals surface area contributed by atoms with Crippen LogP contribution in [0.25, 0.3) is 0 Å². The molecule has 0 atom stereocenters. The first-order valence-electron chi connectivity index (χ1n) is 6.70. The lowest BCUT2D eigenvalue weighted by Crippen LogP contribution is -2.05. The van der Waals surface area contributed by atoms with Crippen molar-refractivity contribution in [1.29, 1.82) is 0 Å². The smallest absolute Gasteiger partial charge is 0.113 e. The van der Waals surface area contributed by atoms with Crippen molar-refractivity contribution in [2.75, 3.05) is 0 Å². The van der Waals surface area contributed by atoms with E-state index in [1.54, 1.807) is 0 Å². The van der Waals surface area contributed by atoms with Gasteiger partial charge in [-0.15, -0.1) is 0 Å². The molecule has 0 fully saturated rings. The topological polar surface area (TPSA) is 17.8 Å². The van der Waals surface area contributed by atoms with E-state index in [4.69, 9.17) is 11.6 Å². The van der Waals surface area contributed by atoms with E-state index in [9.17, 15) is 0 Å². The molecule has 0 N–H and O–H groups in total. The van der Waals surface area contributed by atoms with Crippen LogP contribution in [-0.4, -0.2) is 9.55 Å². The molecule has 3 rings (SSSR count). The third-order valence-corrected chi connectivity index (χ3v) is 4.21. The zero-order valence-corrected chi connectivity index (χ0v) is 13.7. The average molecular weight is 362 g/mol. The lowest BCUT2D eigenvalue weighted by atomic mass is 10.1. The summed E-state index contributed by atoms with van der Waals surface area (Å²) in [6.07, 6.45) is 4.58. The number of hydrogen-bond donors (Lipinski definition) is 0. The van der Waals surface area contributed by atoms with Crippen LogP contribution in [0.15, 0.2) is 65.4 Å². The molecule has 0 saturated heterocycles. The van der Waals surface area contributed by atoms with Gasteiger partial charge in [0, 0.05) is 34.9 Å². The van der Waals surface area contributed by atoms with Crippen LogP contribution in [0.3, 0.4) is 0 Å². The molecule has 21 heavy (non-hydrogen) atoms. The van der Waals surface area contributed by atoms with Crippen LogP contribution in [0.4, 0.5) is 0 Å². The van der Waals surface area contributed by atoms with E-state index < -0.39 is 0 Å². The predicted octanol–water partition coefficient (Wildman–Crippen LogP) is 4.94. The number of nitrogens with zero attached hydrogens (tertiary/aromatic N) is 2. The second-order valence-electron chi connectivity index (χ2n) is 4.87. The first-order valence-corrected chi connectivity index (χ1v) is 7.87. The number of benzene rings is 2. The Balaban J connectivity index is 1.83. The summed E-state index contributed by atoms with van der Waals surface area (Å²) < 4.78 is 3.25. The van der Waals surface area contributed by atoms with Crippen molar-refractivity contribution in [2.24, 2.45) is 0 Å². The van der Waals surface area contributed by atoms with Crippen LogP contribution in [0.1, 0.15) is 17.0 Å². The van der Waals surface area contributed by atoms with E-state index >= 15 is 0 Å². The molecule has 0 saturated carbocycles. The van der Waals surface area contributed by atoms with E-state index in [-0.39, 0.29) is 0 Å². The number of rotatable bonds is 4. The molecular formula is C17H14BrClN2. The molecule has 0 aliphatic carbocycles. The van der Waals surface area contributed by atoms with Gasteiger partial charge in [-0.2, -0.15) is 0 Å². The van der Waals surface area contributed by atoms with Gasteiger partial charge < -0.3 is 4.57 Å². The number of aromatic nitrogens is 2. The first kappa shape index (κ1) is 14.4. The van der Waals surface area contributed by atoms with Gasteiger partial charge >= 0.3 is 0 Å². The highest BCUT2D eigenvalue weighted by molar-refractivity contribution is 9.10. The fourth-order valence-corrected chi connectivity index (χ4v) is 2.94. The molecule has 0 unspecified atom stereocenters. The van der Waals surface area contributed by atoms with E-state index in [0.717, 1.165) is 33.8 Å². The van der Waals surface area contributed by atoms with Gasteiger partial charge in [-0.1, -0.05) is 57.9 Å². The van der Waals surface area contributed by atoms with Crippen LogP contribution in [0, 0.1) is 0 Å². The normalized spacial score (nSPS) is 10.8. The van der Waals surface area contributed by atoms with Crippen molar-refractivity contribution in [3.05, 3.63) is 87.4 Å². The molecule has 0 radical (unpaired) electrons. The summed E-state index contributed by atoms with van der Waals surface area (Å²) in [6.45, 7) is 0.805. The summed E-state index contributed by atoms with van der Waals surface area (Å²) in [7, 11) is 0. The quantitative estimate of drug-likeness (QED) is 0.643. The van der Waals surface area contributed by atoms with Crippen LogP contribution in [-0.2, 0) is 13.0 Å². The van der Waals surface area contributed by atoms with Crippen LogP contribution in [0.2, 0.25) is 5.02 Å². The Labute approximate surface area is 137 Å². The zero-order chi connectivity index (χ0) is 14.7. The van der Waals surface area contributed by atoms with Crippen LogP contribution < -0.4 is 0 Å². The second kappa shape index (κ2) is 6.46. The molecular weight excluding hydrogens is 348 g/mol. The molecule has 0 spiro atoms.